The molecule has 0 saturated carbocycles. The molecule has 1 aliphatic heterocycles. The highest BCUT2D eigenvalue weighted by Gasteiger charge is 2.33. The highest BCUT2D eigenvalue weighted by molar-refractivity contribution is 7.90. The average Bonchev–Trinajstić information content (AvgIpc) is 3.37. The fourth-order valence-electron chi connectivity index (χ4n) is 4.95. The molecule has 1 fully saturated rings. The Morgan fingerprint density at radius 2 is 1.63 bits per heavy atom. The minimum atomic E-state index is -3.81. The zero-order valence-corrected chi connectivity index (χ0v) is 18.2. The summed E-state index contributed by atoms with van der Waals surface area (Å²) in [6.07, 6.45) is 6.63. The van der Waals surface area contributed by atoms with Crippen molar-refractivity contribution in [1.29, 1.82) is 0 Å². The molecule has 4 rings (SSSR count). The summed E-state index contributed by atoms with van der Waals surface area (Å²) in [7, 11) is -3.81. The number of urea groups is 2. The Bertz CT molecular complexity index is 920. The van der Waals surface area contributed by atoms with Gasteiger partial charge in [-0.2, -0.15) is 0 Å². The van der Waals surface area contributed by atoms with E-state index < -0.39 is 21.3 Å². The molecule has 1 aromatic rings. The molecule has 0 atom stereocenters. The van der Waals surface area contributed by atoms with Crippen molar-refractivity contribution in [2.24, 2.45) is 0 Å². The van der Waals surface area contributed by atoms with Gasteiger partial charge >= 0.3 is 12.1 Å². The molecule has 1 aromatic carbocycles. The molecule has 0 bridgehead atoms. The highest BCUT2D eigenvalue weighted by Crippen LogP contribution is 2.38. The molecule has 0 radical (unpaired) electrons. The van der Waals surface area contributed by atoms with E-state index in [-0.39, 0.29) is 6.03 Å². The van der Waals surface area contributed by atoms with E-state index in [1.54, 1.807) is 4.90 Å². The van der Waals surface area contributed by atoms with Crippen LogP contribution in [0.25, 0.3) is 0 Å². The Hall–Kier alpha value is -2.29. The summed E-state index contributed by atoms with van der Waals surface area (Å²) in [5.74, 6) is 0. The lowest BCUT2D eigenvalue weighted by Crippen LogP contribution is -2.49. The number of nitrogens with zero attached hydrogens (tertiary/aromatic N) is 1. The number of carbonyl (C=O) groups is 2. The number of nitrogens with one attached hydrogen (secondary N) is 3. The first-order valence-corrected chi connectivity index (χ1v) is 12.5. The summed E-state index contributed by atoms with van der Waals surface area (Å²) in [5, 5.41) is 4.93. The van der Waals surface area contributed by atoms with Crippen molar-refractivity contribution >= 4 is 27.8 Å². The molecule has 30 heavy (non-hydrogen) atoms. The van der Waals surface area contributed by atoms with Crippen LogP contribution in [-0.2, 0) is 35.7 Å². The lowest BCUT2D eigenvalue weighted by molar-refractivity contribution is 0.187. The van der Waals surface area contributed by atoms with Crippen molar-refractivity contribution in [2.75, 3.05) is 25.0 Å². The lowest BCUT2D eigenvalue weighted by atomic mass is 9.99. The molecule has 2 aliphatic carbocycles. The Balaban J connectivity index is 1.41. The maximum atomic E-state index is 12.8. The molecule has 9 heteroatoms. The van der Waals surface area contributed by atoms with Crippen LogP contribution in [0.3, 0.4) is 0 Å². The Labute approximate surface area is 177 Å². The molecule has 1 saturated heterocycles. The topological polar surface area (TPSA) is 108 Å². The third kappa shape index (κ3) is 4.12. The molecule has 4 amide bonds. The predicted molar refractivity (Wildman–Crippen MR) is 115 cm³/mol. The standard InChI is InChI=1S/C21H30N4O4S/c1-2-22-21(27)25-11-9-16(10-12-25)30(28,29)24-20(26)23-19-17-7-3-5-14(17)13-15-6-4-8-18(15)19/h13,16H,2-12H2,1H3,(H,22,27)(H2,23,24,26). The number of sulfonamides is 1. The normalized spacial score (nSPS) is 18.6. The van der Waals surface area contributed by atoms with Crippen molar-refractivity contribution < 1.29 is 18.0 Å². The van der Waals surface area contributed by atoms with E-state index in [1.807, 2.05) is 6.92 Å². The molecule has 164 valence electrons. The summed E-state index contributed by atoms with van der Waals surface area (Å²) < 4.78 is 27.8. The fourth-order valence-corrected chi connectivity index (χ4v) is 6.26. The van der Waals surface area contributed by atoms with Crippen molar-refractivity contribution in [3.8, 4) is 0 Å². The van der Waals surface area contributed by atoms with Crippen molar-refractivity contribution in [2.45, 2.75) is 63.5 Å². The van der Waals surface area contributed by atoms with Crippen molar-refractivity contribution in [1.82, 2.24) is 14.9 Å². The Morgan fingerprint density at radius 1 is 1.03 bits per heavy atom. The molecular formula is C21H30N4O4S. The van der Waals surface area contributed by atoms with Crippen LogP contribution in [-0.4, -0.2) is 50.3 Å². The van der Waals surface area contributed by atoms with Gasteiger partial charge in [0.15, 0.2) is 0 Å². The van der Waals surface area contributed by atoms with Gasteiger partial charge in [-0.1, -0.05) is 6.07 Å². The van der Waals surface area contributed by atoms with Crippen LogP contribution < -0.4 is 15.4 Å². The van der Waals surface area contributed by atoms with E-state index in [2.05, 4.69) is 21.4 Å². The first-order valence-electron chi connectivity index (χ1n) is 10.9. The molecule has 3 N–H and O–H groups in total. The number of hydrogen-bond acceptors (Lipinski definition) is 4. The van der Waals surface area contributed by atoms with Gasteiger partial charge in [-0.05, 0) is 80.5 Å². The van der Waals surface area contributed by atoms with Crippen LogP contribution >= 0.6 is 0 Å². The molecule has 0 unspecified atom stereocenters. The van der Waals surface area contributed by atoms with Gasteiger partial charge in [-0.3, -0.25) is 0 Å². The quantitative estimate of drug-likeness (QED) is 0.676. The van der Waals surface area contributed by atoms with E-state index in [9.17, 15) is 18.0 Å². The van der Waals surface area contributed by atoms with Crippen LogP contribution in [0.4, 0.5) is 15.3 Å². The van der Waals surface area contributed by atoms with Crippen LogP contribution in [0.2, 0.25) is 0 Å². The van der Waals surface area contributed by atoms with Crippen LogP contribution in [0.15, 0.2) is 6.07 Å². The van der Waals surface area contributed by atoms with Gasteiger partial charge in [-0.15, -0.1) is 0 Å². The number of piperidine rings is 1. The second-order valence-electron chi connectivity index (χ2n) is 8.36. The van der Waals surface area contributed by atoms with Gasteiger partial charge in [0.25, 0.3) is 0 Å². The minimum Gasteiger partial charge on any atom is -0.338 e. The van der Waals surface area contributed by atoms with E-state index in [4.69, 9.17) is 0 Å². The fraction of sp³-hybridized carbons (Fsp3) is 0.619. The van der Waals surface area contributed by atoms with E-state index in [1.165, 1.54) is 22.3 Å². The second kappa shape index (κ2) is 8.45. The number of hydrogen-bond donors (Lipinski definition) is 3. The van der Waals surface area contributed by atoms with Gasteiger partial charge in [0.2, 0.25) is 10.0 Å². The number of aryl methyl sites for hydroxylation is 2. The first-order chi connectivity index (χ1) is 14.4. The average molecular weight is 435 g/mol. The van der Waals surface area contributed by atoms with Crippen LogP contribution in [0.1, 0.15) is 54.9 Å². The largest absolute Gasteiger partial charge is 0.338 e. The van der Waals surface area contributed by atoms with Gasteiger partial charge in [0, 0.05) is 25.3 Å². The molecule has 0 aromatic heterocycles. The summed E-state index contributed by atoms with van der Waals surface area (Å²) in [6, 6.07) is 1.41. The van der Waals surface area contributed by atoms with Gasteiger partial charge in [0.1, 0.15) is 0 Å². The van der Waals surface area contributed by atoms with Gasteiger partial charge < -0.3 is 15.5 Å². The third-order valence-electron chi connectivity index (χ3n) is 6.44. The molecule has 8 nitrogen and oxygen atoms in total. The Kier molecular flexibility index (Phi) is 5.90. The number of amides is 4. The maximum absolute atomic E-state index is 12.8. The molecule has 0 spiro atoms. The summed E-state index contributed by atoms with van der Waals surface area (Å²) >= 11 is 0. The number of rotatable bonds is 4. The van der Waals surface area contributed by atoms with E-state index in [0.29, 0.717) is 32.5 Å². The highest BCUT2D eigenvalue weighted by atomic mass is 32.2. The zero-order valence-electron chi connectivity index (χ0n) is 17.4. The summed E-state index contributed by atoms with van der Waals surface area (Å²) in [5.41, 5.74) is 5.73. The monoisotopic (exact) mass is 434 g/mol. The summed E-state index contributed by atoms with van der Waals surface area (Å²) in [4.78, 5) is 26.2. The lowest BCUT2D eigenvalue weighted by Gasteiger charge is -2.31. The number of likely N-dealkylation sites (tertiary alicyclic amines) is 1. The maximum Gasteiger partial charge on any atom is 0.332 e. The minimum absolute atomic E-state index is 0.175. The number of benzene rings is 1. The number of fused-ring (bicyclic) bond motifs is 2. The summed E-state index contributed by atoms with van der Waals surface area (Å²) in [6.45, 7) is 3.10. The van der Waals surface area contributed by atoms with Crippen LogP contribution in [0.5, 0.6) is 0 Å². The van der Waals surface area contributed by atoms with E-state index in [0.717, 1.165) is 44.2 Å². The molecule has 1 heterocycles. The third-order valence-corrected chi connectivity index (χ3v) is 8.26. The smallest absolute Gasteiger partial charge is 0.332 e. The SMILES string of the molecule is CCNC(=O)N1CCC(S(=O)(=O)NC(=O)Nc2c3c(cc4c2CCC4)CCC3)CC1. The van der Waals surface area contributed by atoms with Crippen LogP contribution in [0, 0.1) is 0 Å². The van der Waals surface area contributed by atoms with Gasteiger partial charge in [-0.25, -0.2) is 22.7 Å². The van der Waals surface area contributed by atoms with Crippen molar-refractivity contribution in [3.63, 3.8) is 0 Å². The number of anilines is 1. The Morgan fingerprint density at radius 3 is 2.20 bits per heavy atom. The second-order valence-corrected chi connectivity index (χ2v) is 10.3. The predicted octanol–water partition coefficient (Wildman–Crippen LogP) is 2.31. The zero-order chi connectivity index (χ0) is 21.3. The van der Waals surface area contributed by atoms with Crippen molar-refractivity contribution in [3.05, 3.63) is 28.3 Å². The first kappa shape index (κ1) is 21.0. The van der Waals surface area contributed by atoms with Gasteiger partial charge in [0.05, 0.1) is 5.25 Å². The molecular weight excluding hydrogens is 404 g/mol. The number of carbonyl (C=O) groups excluding carboxylic acids is 2. The molecule has 3 aliphatic rings. The van der Waals surface area contributed by atoms with E-state index >= 15 is 0 Å².